The number of anilines is 1. The predicted octanol–water partition coefficient (Wildman–Crippen LogP) is 5.87. The van der Waals surface area contributed by atoms with Crippen molar-refractivity contribution < 1.29 is 9.59 Å². The quantitative estimate of drug-likeness (QED) is 0.588. The minimum atomic E-state index is -0.464. The van der Waals surface area contributed by atoms with Gasteiger partial charge in [-0.1, -0.05) is 62.8 Å². The first-order valence-electron chi connectivity index (χ1n) is 12.0. The Bertz CT molecular complexity index is 913. The maximum Gasteiger partial charge on any atom is 0.254 e. The van der Waals surface area contributed by atoms with Gasteiger partial charge in [-0.15, -0.1) is 11.3 Å². The van der Waals surface area contributed by atoms with E-state index < -0.39 is 6.04 Å². The van der Waals surface area contributed by atoms with E-state index in [2.05, 4.69) is 17.0 Å². The summed E-state index contributed by atoms with van der Waals surface area (Å²) in [6.07, 6.45) is 11.7. The van der Waals surface area contributed by atoms with Gasteiger partial charge in [0.1, 0.15) is 6.04 Å². The van der Waals surface area contributed by atoms with Crippen molar-refractivity contribution in [3.8, 4) is 0 Å². The van der Waals surface area contributed by atoms with Crippen molar-refractivity contribution in [2.75, 3.05) is 4.90 Å². The van der Waals surface area contributed by atoms with Crippen molar-refractivity contribution >= 4 is 28.8 Å². The van der Waals surface area contributed by atoms with E-state index in [0.717, 1.165) is 54.7 Å². The summed E-state index contributed by atoms with van der Waals surface area (Å²) >= 11 is 1.62. The van der Waals surface area contributed by atoms with Crippen LogP contribution in [0.1, 0.15) is 80.7 Å². The summed E-state index contributed by atoms with van der Waals surface area (Å²) in [7, 11) is 0. The van der Waals surface area contributed by atoms with Crippen molar-refractivity contribution in [1.29, 1.82) is 0 Å². The molecule has 0 saturated heterocycles. The highest BCUT2D eigenvalue weighted by Gasteiger charge is 2.47. The second-order valence-corrected chi connectivity index (χ2v) is 10.3. The van der Waals surface area contributed by atoms with E-state index in [1.807, 2.05) is 34.5 Å². The van der Waals surface area contributed by atoms with E-state index in [1.165, 1.54) is 25.7 Å². The van der Waals surface area contributed by atoms with E-state index >= 15 is 0 Å². The molecule has 2 aromatic rings. The van der Waals surface area contributed by atoms with E-state index in [0.29, 0.717) is 6.42 Å². The molecule has 1 unspecified atom stereocenters. The number of fused-ring (bicyclic) bond motifs is 1. The Hall–Kier alpha value is -2.14. The van der Waals surface area contributed by atoms with Gasteiger partial charge in [0.15, 0.2) is 0 Å². The Kier molecular flexibility index (Phi) is 6.13. The monoisotopic (exact) mass is 436 g/mol. The topological polar surface area (TPSA) is 40.6 Å². The highest BCUT2D eigenvalue weighted by Crippen LogP contribution is 2.44. The number of carbonyl (C=O) groups excluding carboxylic acids is 2. The first kappa shape index (κ1) is 20.7. The van der Waals surface area contributed by atoms with Crippen LogP contribution in [-0.2, 0) is 16.0 Å². The number of thiophene rings is 1. The Morgan fingerprint density at radius 2 is 1.65 bits per heavy atom. The van der Waals surface area contributed by atoms with Crippen molar-refractivity contribution in [3.63, 3.8) is 0 Å². The van der Waals surface area contributed by atoms with Crippen LogP contribution in [0.15, 0.2) is 41.8 Å². The molecule has 2 heterocycles. The molecule has 2 fully saturated rings. The molecule has 164 valence electrons. The van der Waals surface area contributed by atoms with Crippen LogP contribution >= 0.6 is 11.3 Å². The molecule has 3 aliphatic rings. The van der Waals surface area contributed by atoms with Gasteiger partial charge in [0, 0.05) is 28.2 Å². The lowest BCUT2D eigenvalue weighted by Crippen LogP contribution is -2.49. The number of amides is 2. The molecule has 31 heavy (non-hydrogen) atoms. The van der Waals surface area contributed by atoms with Crippen LogP contribution in [0.4, 0.5) is 5.69 Å². The van der Waals surface area contributed by atoms with Crippen LogP contribution in [0.2, 0.25) is 0 Å². The molecule has 2 amide bonds. The summed E-state index contributed by atoms with van der Waals surface area (Å²) < 4.78 is 0. The van der Waals surface area contributed by atoms with Gasteiger partial charge in [-0.2, -0.15) is 0 Å². The molecule has 4 nitrogen and oxygen atoms in total. The maximum absolute atomic E-state index is 14.0. The minimum Gasteiger partial charge on any atom is -0.323 e. The first-order valence-corrected chi connectivity index (χ1v) is 12.9. The van der Waals surface area contributed by atoms with Crippen LogP contribution in [0.25, 0.3) is 0 Å². The summed E-state index contributed by atoms with van der Waals surface area (Å²) in [4.78, 5) is 32.8. The minimum absolute atomic E-state index is 0.105. The summed E-state index contributed by atoms with van der Waals surface area (Å²) in [5, 5.41) is 2.02. The molecule has 0 bridgehead atoms. The number of nitrogens with zero attached hydrogens (tertiary/aromatic N) is 2. The number of rotatable bonds is 5. The van der Waals surface area contributed by atoms with Crippen LogP contribution < -0.4 is 4.90 Å². The first-order chi connectivity index (χ1) is 15.2. The van der Waals surface area contributed by atoms with Crippen molar-refractivity contribution in [2.45, 2.75) is 88.8 Å². The van der Waals surface area contributed by atoms with Crippen LogP contribution in [0.5, 0.6) is 0 Å². The number of hydrogen-bond acceptors (Lipinski definition) is 3. The van der Waals surface area contributed by atoms with Crippen molar-refractivity contribution in [1.82, 2.24) is 4.90 Å². The second kappa shape index (κ2) is 9.15. The Labute approximate surface area is 189 Å². The normalized spacial score (nSPS) is 22.5. The fourth-order valence-electron chi connectivity index (χ4n) is 5.88. The number of hydrogen-bond donors (Lipinski definition) is 0. The average Bonchev–Trinajstić information content (AvgIpc) is 3.42. The third kappa shape index (κ3) is 4.05. The zero-order valence-corrected chi connectivity index (χ0v) is 19.0. The highest BCUT2D eigenvalue weighted by molar-refractivity contribution is 7.10. The molecule has 2 saturated carbocycles. The highest BCUT2D eigenvalue weighted by atomic mass is 32.1. The fourth-order valence-corrected chi connectivity index (χ4v) is 6.57. The van der Waals surface area contributed by atoms with E-state index in [9.17, 15) is 9.59 Å². The largest absolute Gasteiger partial charge is 0.323 e. The molecule has 0 radical (unpaired) electrons. The lowest BCUT2D eigenvalue weighted by molar-refractivity contribution is -0.142. The molecule has 2 aliphatic carbocycles. The Balaban J connectivity index is 1.51. The van der Waals surface area contributed by atoms with E-state index in [1.54, 1.807) is 11.3 Å². The standard InChI is InChI=1S/C26H32N2O2S/c29-24(18-21-14-9-17-31-21)28(20-12-5-2-6-13-20)25-22-15-7-8-16-23(22)27(26(25)30)19-10-3-1-4-11-19/h7-9,14-17,19-20,25H,1-6,10-13,18H2. The summed E-state index contributed by atoms with van der Waals surface area (Å²) in [5.41, 5.74) is 2.07. The molecule has 1 aromatic heterocycles. The van der Waals surface area contributed by atoms with Gasteiger partial charge in [-0.25, -0.2) is 0 Å². The lowest BCUT2D eigenvalue weighted by atomic mass is 9.91. The summed E-state index contributed by atoms with van der Waals surface area (Å²) in [6, 6.07) is 12.2. The van der Waals surface area contributed by atoms with E-state index in [4.69, 9.17) is 0 Å². The Morgan fingerprint density at radius 1 is 0.935 bits per heavy atom. The maximum atomic E-state index is 14.0. The molecule has 1 aromatic carbocycles. The smallest absolute Gasteiger partial charge is 0.254 e. The molecule has 5 heteroatoms. The van der Waals surface area contributed by atoms with Crippen LogP contribution in [-0.4, -0.2) is 28.8 Å². The van der Waals surface area contributed by atoms with Gasteiger partial charge in [-0.05, 0) is 43.2 Å². The zero-order chi connectivity index (χ0) is 21.2. The zero-order valence-electron chi connectivity index (χ0n) is 18.2. The molecule has 1 atom stereocenters. The fraction of sp³-hybridized carbons (Fsp3) is 0.538. The third-order valence-corrected chi connectivity index (χ3v) is 8.22. The molecule has 0 N–H and O–H groups in total. The molecule has 0 spiro atoms. The van der Waals surface area contributed by atoms with Gasteiger partial charge in [-0.3, -0.25) is 9.59 Å². The molecule has 1 aliphatic heterocycles. The van der Waals surface area contributed by atoms with Gasteiger partial charge in [0.05, 0.1) is 6.42 Å². The van der Waals surface area contributed by atoms with Gasteiger partial charge < -0.3 is 9.80 Å². The van der Waals surface area contributed by atoms with E-state index in [-0.39, 0.29) is 23.9 Å². The number of para-hydroxylation sites is 1. The predicted molar refractivity (Wildman–Crippen MR) is 125 cm³/mol. The van der Waals surface area contributed by atoms with Crippen molar-refractivity contribution in [3.05, 3.63) is 52.2 Å². The van der Waals surface area contributed by atoms with Crippen LogP contribution in [0.3, 0.4) is 0 Å². The molecule has 5 rings (SSSR count). The van der Waals surface area contributed by atoms with Gasteiger partial charge in [0.2, 0.25) is 5.91 Å². The summed E-state index contributed by atoms with van der Waals surface area (Å²) in [5.74, 6) is 0.228. The average molecular weight is 437 g/mol. The van der Waals surface area contributed by atoms with Crippen LogP contribution in [0, 0.1) is 0 Å². The summed E-state index contributed by atoms with van der Waals surface area (Å²) in [6.45, 7) is 0. The Morgan fingerprint density at radius 3 is 2.35 bits per heavy atom. The third-order valence-electron chi connectivity index (χ3n) is 7.34. The number of carbonyl (C=O) groups is 2. The molecular formula is C26H32N2O2S. The SMILES string of the molecule is O=C1C(N(C(=O)Cc2cccs2)C2CCCCC2)c2ccccc2N1C1CCCCC1. The second-order valence-electron chi connectivity index (χ2n) is 9.31. The number of benzene rings is 1. The van der Waals surface area contributed by atoms with Gasteiger partial charge >= 0.3 is 0 Å². The van der Waals surface area contributed by atoms with Crippen molar-refractivity contribution in [2.24, 2.45) is 0 Å². The molecular weight excluding hydrogens is 404 g/mol. The lowest BCUT2D eigenvalue weighted by Gasteiger charge is -2.39. The van der Waals surface area contributed by atoms with Gasteiger partial charge in [0.25, 0.3) is 5.91 Å².